The highest BCUT2D eigenvalue weighted by Gasteiger charge is 1.96. The molecular weight excluding hydrogens is 128 g/mol. The Hall–Kier alpha value is -1.14. The van der Waals surface area contributed by atoms with Gasteiger partial charge in [0.15, 0.2) is 5.78 Å². The van der Waals surface area contributed by atoms with E-state index in [0.29, 0.717) is 5.57 Å². The highest BCUT2D eigenvalue weighted by atomic mass is 16.1. The molecule has 2 heteroatoms. The zero-order chi connectivity index (χ0) is 7.98. The molecule has 0 N–H and O–H groups in total. The first kappa shape index (κ1) is 8.86. The molecule has 0 atom stereocenters. The van der Waals surface area contributed by atoms with Gasteiger partial charge in [0.25, 0.3) is 0 Å². The molecule has 0 aromatic rings. The van der Waals surface area contributed by atoms with E-state index in [-0.39, 0.29) is 12.2 Å². The van der Waals surface area contributed by atoms with E-state index in [2.05, 4.69) is 0 Å². The van der Waals surface area contributed by atoms with Gasteiger partial charge in [-0.3, -0.25) is 4.79 Å². The molecule has 0 amide bonds. The van der Waals surface area contributed by atoms with Gasteiger partial charge in [-0.25, -0.2) is 4.79 Å². The van der Waals surface area contributed by atoms with Gasteiger partial charge in [-0.1, -0.05) is 6.08 Å². The Morgan fingerprint density at radius 1 is 1.60 bits per heavy atom. The lowest BCUT2D eigenvalue weighted by atomic mass is 10.1. The van der Waals surface area contributed by atoms with Crippen LogP contribution in [0.4, 0.5) is 0 Å². The van der Waals surface area contributed by atoms with Gasteiger partial charge in [-0.15, -0.1) is 0 Å². The number of rotatable bonds is 3. The minimum absolute atomic E-state index is 0.0525. The Bertz CT molecular complexity index is 195. The Labute approximate surface area is 60.2 Å². The van der Waals surface area contributed by atoms with Crippen LogP contribution in [0.1, 0.15) is 20.3 Å². The summed E-state index contributed by atoms with van der Waals surface area (Å²) in [6.45, 7) is 3.35. The van der Waals surface area contributed by atoms with E-state index in [1.54, 1.807) is 25.9 Å². The van der Waals surface area contributed by atoms with Crippen molar-refractivity contribution in [1.82, 2.24) is 0 Å². The normalized spacial score (nSPS) is 9.40. The number of carbonyl (C=O) groups excluding carboxylic acids is 2. The van der Waals surface area contributed by atoms with Gasteiger partial charge in [0.05, 0.1) is 0 Å². The van der Waals surface area contributed by atoms with Gasteiger partial charge >= 0.3 is 0 Å². The number of carbonyl (C=O) groups is 1. The second-order valence-electron chi connectivity index (χ2n) is 2.03. The lowest BCUT2D eigenvalue weighted by Gasteiger charge is -1.87. The van der Waals surface area contributed by atoms with Gasteiger partial charge in [-0.05, 0) is 19.9 Å². The monoisotopic (exact) mass is 138 g/mol. The standard InChI is InChI=1S/C8H10O2/c1-3-4-8(10)5-7(2)6-9/h3-4H,5H2,1-2H3. The van der Waals surface area contributed by atoms with Crippen LogP contribution in [0.5, 0.6) is 0 Å². The predicted octanol–water partition coefficient (Wildman–Crippen LogP) is 1.30. The van der Waals surface area contributed by atoms with E-state index in [4.69, 9.17) is 0 Å². The molecule has 0 rings (SSSR count). The fourth-order valence-corrected chi connectivity index (χ4v) is 0.542. The topological polar surface area (TPSA) is 34.1 Å². The van der Waals surface area contributed by atoms with Crippen molar-refractivity contribution in [2.45, 2.75) is 20.3 Å². The molecule has 0 aromatic heterocycles. The molecule has 0 saturated heterocycles. The summed E-state index contributed by atoms with van der Waals surface area (Å²) < 4.78 is 0. The van der Waals surface area contributed by atoms with Crippen LogP contribution < -0.4 is 0 Å². The quantitative estimate of drug-likeness (QED) is 0.435. The molecule has 0 spiro atoms. The Morgan fingerprint density at radius 2 is 2.20 bits per heavy atom. The van der Waals surface area contributed by atoms with Crippen molar-refractivity contribution in [3.05, 3.63) is 17.7 Å². The van der Waals surface area contributed by atoms with Crippen LogP contribution in [0.15, 0.2) is 17.7 Å². The highest BCUT2D eigenvalue weighted by Crippen LogP contribution is 1.95. The highest BCUT2D eigenvalue weighted by molar-refractivity contribution is 5.92. The maximum Gasteiger partial charge on any atom is 0.160 e. The van der Waals surface area contributed by atoms with Crippen molar-refractivity contribution in [2.24, 2.45) is 0 Å². The van der Waals surface area contributed by atoms with Crippen molar-refractivity contribution in [2.75, 3.05) is 0 Å². The Balaban J connectivity index is 3.92. The lowest BCUT2D eigenvalue weighted by Crippen LogP contribution is -1.92. The Kier molecular flexibility index (Phi) is 4.17. The van der Waals surface area contributed by atoms with Crippen LogP contribution in [0.3, 0.4) is 0 Å². The molecule has 0 unspecified atom stereocenters. The predicted molar refractivity (Wildman–Crippen MR) is 39.3 cm³/mol. The third-order valence-electron chi connectivity index (χ3n) is 0.966. The summed E-state index contributed by atoms with van der Waals surface area (Å²) in [7, 11) is 0. The van der Waals surface area contributed by atoms with E-state index in [1.807, 2.05) is 0 Å². The first-order valence-corrected chi connectivity index (χ1v) is 3.06. The molecule has 0 aliphatic carbocycles. The zero-order valence-corrected chi connectivity index (χ0v) is 6.18. The summed E-state index contributed by atoms with van der Waals surface area (Å²) in [5, 5.41) is 0. The van der Waals surface area contributed by atoms with Gasteiger partial charge in [0.2, 0.25) is 0 Å². The van der Waals surface area contributed by atoms with Crippen LogP contribution in [0, 0.1) is 0 Å². The molecule has 0 heterocycles. The van der Waals surface area contributed by atoms with Crippen LogP contribution in [0.2, 0.25) is 0 Å². The average Bonchev–Trinajstić information content (AvgIpc) is 1.88. The second-order valence-corrected chi connectivity index (χ2v) is 2.03. The summed E-state index contributed by atoms with van der Waals surface area (Å²) >= 11 is 0. The maximum atomic E-state index is 10.7. The number of hydrogen-bond donors (Lipinski definition) is 0. The fourth-order valence-electron chi connectivity index (χ4n) is 0.542. The van der Waals surface area contributed by atoms with Crippen molar-refractivity contribution in [3.63, 3.8) is 0 Å². The smallest absolute Gasteiger partial charge is 0.160 e. The summed E-state index contributed by atoms with van der Waals surface area (Å²) in [4.78, 5) is 20.6. The molecule has 0 aromatic carbocycles. The Morgan fingerprint density at radius 3 is 2.60 bits per heavy atom. The summed E-state index contributed by atoms with van der Waals surface area (Å²) in [6, 6.07) is 0. The van der Waals surface area contributed by atoms with E-state index in [1.165, 1.54) is 6.08 Å². The first-order chi connectivity index (χ1) is 4.70. The van der Waals surface area contributed by atoms with E-state index >= 15 is 0 Å². The first-order valence-electron chi connectivity index (χ1n) is 3.06. The molecule has 54 valence electrons. The second kappa shape index (κ2) is 4.71. The van der Waals surface area contributed by atoms with Crippen molar-refractivity contribution >= 4 is 11.7 Å². The SMILES string of the molecule is CC=CC(=O)CC(C)=C=O. The van der Waals surface area contributed by atoms with E-state index in [0.717, 1.165) is 0 Å². The summed E-state index contributed by atoms with van der Waals surface area (Å²) in [6.07, 6.45) is 3.29. The largest absolute Gasteiger partial charge is 0.294 e. The third-order valence-corrected chi connectivity index (χ3v) is 0.966. The molecule has 2 nitrogen and oxygen atoms in total. The molecule has 0 saturated carbocycles. The van der Waals surface area contributed by atoms with E-state index < -0.39 is 0 Å². The molecule has 0 aliphatic rings. The van der Waals surface area contributed by atoms with Crippen LogP contribution in [-0.2, 0) is 9.59 Å². The van der Waals surface area contributed by atoms with Crippen molar-refractivity contribution < 1.29 is 9.59 Å². The molecule has 0 bridgehead atoms. The van der Waals surface area contributed by atoms with Gasteiger partial charge in [0.1, 0.15) is 5.94 Å². The van der Waals surface area contributed by atoms with Gasteiger partial charge in [0, 0.05) is 12.0 Å². The molecule has 0 fully saturated rings. The van der Waals surface area contributed by atoms with Gasteiger partial charge in [-0.2, -0.15) is 0 Å². The average molecular weight is 138 g/mol. The van der Waals surface area contributed by atoms with Crippen LogP contribution >= 0.6 is 0 Å². The molecule has 0 radical (unpaired) electrons. The minimum atomic E-state index is -0.0525. The minimum Gasteiger partial charge on any atom is -0.294 e. The zero-order valence-electron chi connectivity index (χ0n) is 6.18. The molecular formula is C8H10O2. The number of allylic oxidation sites excluding steroid dienone is 3. The fraction of sp³-hybridized carbons (Fsp3) is 0.375. The summed E-state index contributed by atoms with van der Waals surface area (Å²) in [5.74, 6) is 1.61. The summed E-state index contributed by atoms with van der Waals surface area (Å²) in [5.41, 5.74) is 0.447. The van der Waals surface area contributed by atoms with Gasteiger partial charge < -0.3 is 0 Å². The third kappa shape index (κ3) is 3.81. The van der Waals surface area contributed by atoms with Crippen molar-refractivity contribution in [1.29, 1.82) is 0 Å². The van der Waals surface area contributed by atoms with Crippen LogP contribution in [-0.4, -0.2) is 11.7 Å². The number of hydrogen-bond acceptors (Lipinski definition) is 2. The van der Waals surface area contributed by atoms with E-state index in [9.17, 15) is 9.59 Å². The lowest BCUT2D eigenvalue weighted by molar-refractivity contribution is -0.114. The molecule has 0 aliphatic heterocycles. The molecule has 10 heavy (non-hydrogen) atoms. The maximum absolute atomic E-state index is 10.7. The number of ketones is 1. The van der Waals surface area contributed by atoms with Crippen molar-refractivity contribution in [3.8, 4) is 0 Å². The van der Waals surface area contributed by atoms with Crippen LogP contribution in [0.25, 0.3) is 0 Å².